The Labute approximate surface area is 135 Å². The Morgan fingerprint density at radius 3 is 2.70 bits per heavy atom. The first-order valence-electron chi connectivity index (χ1n) is 6.70. The minimum atomic E-state index is -4.34. The molecule has 1 aromatic carbocycles. The lowest BCUT2D eigenvalue weighted by molar-refractivity contribution is -0.0328. The average Bonchev–Trinajstić information content (AvgIpc) is 2.45. The molecule has 0 bridgehead atoms. The molecule has 0 aliphatic rings. The molecule has 1 N–H and O–H groups in total. The minimum absolute atomic E-state index is 0.0754. The molecule has 0 fully saturated rings. The van der Waals surface area contributed by atoms with Gasteiger partial charge in [-0.25, -0.2) is 4.98 Å². The molecule has 0 aliphatic heterocycles. The predicted molar refractivity (Wildman–Crippen MR) is 81.0 cm³/mol. The second-order valence-corrected chi connectivity index (χ2v) is 6.00. The monoisotopic (exact) mass is 341 g/mol. The lowest BCUT2D eigenvalue weighted by Crippen LogP contribution is -2.27. The first-order chi connectivity index (χ1) is 10.7. The molecule has 1 atom stereocenters. The Balaban J connectivity index is 2.10. The molecule has 0 aliphatic carbocycles. The van der Waals surface area contributed by atoms with Crippen LogP contribution in [0.4, 0.5) is 13.2 Å². The van der Waals surface area contributed by atoms with E-state index in [9.17, 15) is 18.0 Å². The van der Waals surface area contributed by atoms with E-state index in [0.717, 1.165) is 0 Å². The third kappa shape index (κ3) is 5.24. The molecule has 0 saturated carbocycles. The molecule has 1 aromatic heterocycles. The standard InChI is InChI=1S/C15H14F3N3OS/c1-9-7-19-8-13(20-9)14(22)21-10(2)11-4-3-5-12(6-11)23-15(16,17)18/h3-8,10H,1-2H3,(H,21,22). The molecular weight excluding hydrogens is 327 g/mol. The van der Waals surface area contributed by atoms with Crippen molar-refractivity contribution in [2.24, 2.45) is 0 Å². The Morgan fingerprint density at radius 1 is 1.30 bits per heavy atom. The fourth-order valence-electron chi connectivity index (χ4n) is 1.91. The zero-order valence-corrected chi connectivity index (χ0v) is 13.2. The van der Waals surface area contributed by atoms with Crippen LogP contribution in [0.25, 0.3) is 0 Å². The van der Waals surface area contributed by atoms with E-state index in [4.69, 9.17) is 0 Å². The van der Waals surface area contributed by atoms with Crippen molar-refractivity contribution in [3.8, 4) is 0 Å². The Hall–Kier alpha value is -2.09. The van der Waals surface area contributed by atoms with Crippen LogP contribution >= 0.6 is 11.8 Å². The van der Waals surface area contributed by atoms with Gasteiger partial charge in [0.15, 0.2) is 0 Å². The van der Waals surface area contributed by atoms with Gasteiger partial charge in [0.25, 0.3) is 5.91 Å². The van der Waals surface area contributed by atoms with E-state index in [2.05, 4.69) is 15.3 Å². The van der Waals surface area contributed by atoms with Gasteiger partial charge in [0.1, 0.15) is 5.69 Å². The molecule has 122 valence electrons. The van der Waals surface area contributed by atoms with E-state index in [1.54, 1.807) is 19.9 Å². The van der Waals surface area contributed by atoms with Gasteiger partial charge in [-0.1, -0.05) is 12.1 Å². The number of thioether (sulfide) groups is 1. The van der Waals surface area contributed by atoms with Crippen LogP contribution in [-0.2, 0) is 0 Å². The Morgan fingerprint density at radius 2 is 2.04 bits per heavy atom. The molecular formula is C15H14F3N3OS. The summed E-state index contributed by atoms with van der Waals surface area (Å²) >= 11 is -0.186. The van der Waals surface area contributed by atoms with Crippen LogP contribution in [0.15, 0.2) is 41.6 Å². The Kier molecular flexibility index (Phi) is 5.25. The maximum atomic E-state index is 12.4. The number of hydrogen-bond acceptors (Lipinski definition) is 4. The van der Waals surface area contributed by atoms with E-state index >= 15 is 0 Å². The van der Waals surface area contributed by atoms with Crippen molar-refractivity contribution in [2.45, 2.75) is 30.3 Å². The number of nitrogens with zero attached hydrogens (tertiary/aromatic N) is 2. The largest absolute Gasteiger partial charge is 0.446 e. The van der Waals surface area contributed by atoms with Crippen LogP contribution in [-0.4, -0.2) is 21.4 Å². The number of amides is 1. The van der Waals surface area contributed by atoms with Gasteiger partial charge in [-0.3, -0.25) is 9.78 Å². The van der Waals surface area contributed by atoms with Gasteiger partial charge in [0.05, 0.1) is 17.9 Å². The highest BCUT2D eigenvalue weighted by molar-refractivity contribution is 8.00. The molecule has 1 unspecified atom stereocenters. The summed E-state index contributed by atoms with van der Waals surface area (Å²) < 4.78 is 37.3. The molecule has 0 spiro atoms. The van der Waals surface area contributed by atoms with Gasteiger partial charge < -0.3 is 5.32 Å². The summed E-state index contributed by atoms with van der Waals surface area (Å²) in [4.78, 5) is 20.1. The molecule has 2 rings (SSSR count). The number of carbonyl (C=O) groups is 1. The first kappa shape index (κ1) is 17.3. The van der Waals surface area contributed by atoms with Gasteiger partial charge >= 0.3 is 5.51 Å². The molecule has 0 radical (unpaired) electrons. The first-order valence-corrected chi connectivity index (χ1v) is 7.51. The van der Waals surface area contributed by atoms with Crippen molar-refractivity contribution < 1.29 is 18.0 Å². The number of rotatable bonds is 4. The molecule has 23 heavy (non-hydrogen) atoms. The lowest BCUT2D eigenvalue weighted by Gasteiger charge is -2.15. The number of carbonyl (C=O) groups excluding carboxylic acids is 1. The van der Waals surface area contributed by atoms with Crippen LogP contribution in [0.3, 0.4) is 0 Å². The van der Waals surface area contributed by atoms with Crippen molar-refractivity contribution >= 4 is 17.7 Å². The topological polar surface area (TPSA) is 54.9 Å². The van der Waals surface area contributed by atoms with Crippen LogP contribution in [0.1, 0.15) is 34.7 Å². The smallest absolute Gasteiger partial charge is 0.344 e. The molecule has 2 aromatic rings. The summed E-state index contributed by atoms with van der Waals surface area (Å²) in [6, 6.07) is 5.51. The highest BCUT2D eigenvalue weighted by atomic mass is 32.2. The number of aromatic nitrogens is 2. The fraction of sp³-hybridized carbons (Fsp3) is 0.267. The lowest BCUT2D eigenvalue weighted by atomic mass is 10.1. The third-order valence-electron chi connectivity index (χ3n) is 2.93. The van der Waals surface area contributed by atoms with E-state index in [0.29, 0.717) is 11.3 Å². The summed E-state index contributed by atoms with van der Waals surface area (Å²) in [6.07, 6.45) is 2.86. The van der Waals surface area contributed by atoms with Crippen molar-refractivity contribution in [1.29, 1.82) is 0 Å². The van der Waals surface area contributed by atoms with Crippen LogP contribution in [0.5, 0.6) is 0 Å². The van der Waals surface area contributed by atoms with Gasteiger partial charge in [-0.05, 0) is 43.3 Å². The molecule has 1 amide bonds. The summed E-state index contributed by atoms with van der Waals surface area (Å²) in [6.45, 7) is 3.41. The third-order valence-corrected chi connectivity index (χ3v) is 3.65. The number of aryl methyl sites for hydroxylation is 1. The second-order valence-electron chi connectivity index (χ2n) is 4.86. The minimum Gasteiger partial charge on any atom is -0.344 e. The van der Waals surface area contributed by atoms with Crippen LogP contribution in [0.2, 0.25) is 0 Å². The molecule has 4 nitrogen and oxygen atoms in total. The number of nitrogens with one attached hydrogen (secondary N) is 1. The fourth-order valence-corrected chi connectivity index (χ4v) is 2.52. The summed E-state index contributed by atoms with van der Waals surface area (Å²) in [5.74, 6) is -0.428. The molecule has 0 saturated heterocycles. The van der Waals surface area contributed by atoms with E-state index in [1.165, 1.54) is 30.6 Å². The van der Waals surface area contributed by atoms with Crippen molar-refractivity contribution in [3.63, 3.8) is 0 Å². The van der Waals surface area contributed by atoms with Crippen LogP contribution < -0.4 is 5.32 Å². The van der Waals surface area contributed by atoms with Gasteiger partial charge in [0, 0.05) is 11.1 Å². The van der Waals surface area contributed by atoms with E-state index in [-0.39, 0.29) is 22.4 Å². The molecule has 1 heterocycles. The highest BCUT2D eigenvalue weighted by Crippen LogP contribution is 2.37. The predicted octanol–water partition coefficient (Wildman–Crippen LogP) is 3.89. The second kappa shape index (κ2) is 6.99. The van der Waals surface area contributed by atoms with Crippen molar-refractivity contribution in [3.05, 3.63) is 53.6 Å². The number of alkyl halides is 3. The summed E-state index contributed by atoms with van der Waals surface area (Å²) in [5, 5.41) is 2.70. The van der Waals surface area contributed by atoms with Crippen LogP contribution in [0, 0.1) is 6.92 Å². The number of halogens is 3. The number of hydrogen-bond donors (Lipinski definition) is 1. The average molecular weight is 341 g/mol. The van der Waals surface area contributed by atoms with Gasteiger partial charge in [0.2, 0.25) is 0 Å². The Bertz CT molecular complexity index is 706. The summed E-state index contributed by atoms with van der Waals surface area (Å²) in [7, 11) is 0. The van der Waals surface area contributed by atoms with Gasteiger partial charge in [-0.15, -0.1) is 0 Å². The maximum Gasteiger partial charge on any atom is 0.446 e. The van der Waals surface area contributed by atoms with Crippen molar-refractivity contribution in [1.82, 2.24) is 15.3 Å². The number of benzene rings is 1. The SMILES string of the molecule is Cc1cncc(C(=O)NC(C)c2cccc(SC(F)(F)F)c2)n1. The quantitative estimate of drug-likeness (QED) is 0.857. The zero-order valence-electron chi connectivity index (χ0n) is 12.4. The van der Waals surface area contributed by atoms with Crippen molar-refractivity contribution in [2.75, 3.05) is 0 Å². The molecule has 8 heteroatoms. The van der Waals surface area contributed by atoms with E-state index in [1.807, 2.05) is 0 Å². The normalized spacial score (nSPS) is 12.7. The summed E-state index contributed by atoms with van der Waals surface area (Å²) in [5.41, 5.74) is -3.00. The van der Waals surface area contributed by atoms with E-state index < -0.39 is 17.5 Å². The van der Waals surface area contributed by atoms with Gasteiger partial charge in [-0.2, -0.15) is 13.2 Å². The maximum absolute atomic E-state index is 12.4. The highest BCUT2D eigenvalue weighted by Gasteiger charge is 2.29. The zero-order chi connectivity index (χ0) is 17.0.